The minimum atomic E-state index is -3.41. The van der Waals surface area contributed by atoms with Gasteiger partial charge >= 0.3 is 0 Å². The topological polar surface area (TPSA) is 34.1 Å². The van der Waals surface area contributed by atoms with E-state index in [9.17, 15) is 8.42 Å². The number of rotatable bonds is 2. The fraction of sp³-hybridized carbons (Fsp3) is 0. The quantitative estimate of drug-likeness (QED) is 0.713. The number of hydrogen-bond donors (Lipinski definition) is 0. The minimum absolute atomic E-state index is 0.341. The van der Waals surface area contributed by atoms with Crippen molar-refractivity contribution in [2.45, 2.75) is 9.79 Å². The summed E-state index contributed by atoms with van der Waals surface area (Å²) in [5, 5.41) is 2.51. The van der Waals surface area contributed by atoms with Gasteiger partial charge in [0.1, 0.15) is 0 Å². The Hall–Kier alpha value is -1.65. The van der Waals surface area contributed by atoms with Crippen molar-refractivity contribution in [1.82, 2.24) is 0 Å². The highest BCUT2D eigenvalue weighted by molar-refractivity contribution is 7.92. The molecule has 90 valence electrons. The van der Waals surface area contributed by atoms with Gasteiger partial charge in [-0.15, -0.1) is 11.3 Å². The lowest BCUT2D eigenvalue weighted by atomic mass is 10.3. The van der Waals surface area contributed by atoms with Crippen LogP contribution in [-0.2, 0) is 9.84 Å². The third-order valence-corrected chi connectivity index (χ3v) is 5.71. The molecule has 0 aliphatic heterocycles. The van der Waals surface area contributed by atoms with Crippen LogP contribution in [0.4, 0.5) is 0 Å². The maximum Gasteiger partial charge on any atom is 0.208 e. The van der Waals surface area contributed by atoms with Crippen LogP contribution in [0.25, 0.3) is 10.1 Å². The van der Waals surface area contributed by atoms with Crippen LogP contribution < -0.4 is 0 Å². The van der Waals surface area contributed by atoms with Crippen LogP contribution in [0.15, 0.2) is 69.8 Å². The molecule has 18 heavy (non-hydrogen) atoms. The van der Waals surface area contributed by atoms with E-state index in [-0.39, 0.29) is 0 Å². The molecule has 2 nitrogen and oxygen atoms in total. The van der Waals surface area contributed by atoms with Crippen molar-refractivity contribution in [2.75, 3.05) is 0 Å². The molecule has 0 N–H and O–H groups in total. The SMILES string of the molecule is O=S(=O)(c1ccccc1)c1csc2ccccc12. The molecule has 0 amide bonds. The van der Waals surface area contributed by atoms with Crippen LogP contribution in [0.5, 0.6) is 0 Å². The number of fused-ring (bicyclic) bond motifs is 1. The molecule has 0 spiro atoms. The van der Waals surface area contributed by atoms with Gasteiger partial charge in [-0.05, 0) is 18.2 Å². The van der Waals surface area contributed by atoms with Gasteiger partial charge < -0.3 is 0 Å². The smallest absolute Gasteiger partial charge is 0.208 e. The van der Waals surface area contributed by atoms with Gasteiger partial charge in [-0.1, -0.05) is 36.4 Å². The molecular formula is C14H10O2S2. The van der Waals surface area contributed by atoms with E-state index in [1.807, 2.05) is 30.3 Å². The van der Waals surface area contributed by atoms with Crippen LogP contribution in [0.3, 0.4) is 0 Å². The van der Waals surface area contributed by atoms with E-state index in [4.69, 9.17) is 0 Å². The summed E-state index contributed by atoms with van der Waals surface area (Å²) in [4.78, 5) is 0.739. The second kappa shape index (κ2) is 4.23. The first-order valence-electron chi connectivity index (χ1n) is 5.46. The molecule has 0 saturated carbocycles. The molecule has 1 aromatic heterocycles. The Balaban J connectivity index is 2.27. The molecule has 2 aromatic carbocycles. The Morgan fingerprint density at radius 1 is 0.833 bits per heavy atom. The third-order valence-electron chi connectivity index (χ3n) is 2.79. The molecule has 0 saturated heterocycles. The molecule has 0 aliphatic rings. The summed E-state index contributed by atoms with van der Waals surface area (Å²) in [7, 11) is -3.41. The molecule has 0 fully saturated rings. The van der Waals surface area contributed by atoms with Gasteiger partial charge in [0.05, 0.1) is 9.79 Å². The number of thiophene rings is 1. The molecule has 0 unspecified atom stereocenters. The van der Waals surface area contributed by atoms with E-state index in [1.165, 1.54) is 11.3 Å². The second-order valence-electron chi connectivity index (χ2n) is 3.91. The van der Waals surface area contributed by atoms with Crippen LogP contribution in [0.2, 0.25) is 0 Å². The predicted molar refractivity (Wildman–Crippen MR) is 73.7 cm³/mol. The van der Waals surface area contributed by atoms with E-state index in [0.717, 1.165) is 10.1 Å². The number of benzene rings is 2. The summed E-state index contributed by atoms with van der Waals surface area (Å²) in [6.45, 7) is 0. The van der Waals surface area contributed by atoms with Crippen LogP contribution >= 0.6 is 11.3 Å². The predicted octanol–water partition coefficient (Wildman–Crippen LogP) is 3.73. The molecule has 1 heterocycles. The Kier molecular flexibility index (Phi) is 2.69. The maximum absolute atomic E-state index is 12.5. The number of sulfone groups is 1. The van der Waals surface area contributed by atoms with Gasteiger partial charge in [0, 0.05) is 15.5 Å². The molecule has 0 atom stereocenters. The Morgan fingerprint density at radius 2 is 1.50 bits per heavy atom. The van der Waals surface area contributed by atoms with E-state index in [0.29, 0.717) is 9.79 Å². The highest BCUT2D eigenvalue weighted by Gasteiger charge is 2.20. The molecule has 0 bridgehead atoms. The van der Waals surface area contributed by atoms with Gasteiger partial charge in [0.15, 0.2) is 0 Å². The maximum atomic E-state index is 12.5. The Morgan fingerprint density at radius 3 is 2.28 bits per heavy atom. The average Bonchev–Trinajstić information content (AvgIpc) is 2.84. The lowest BCUT2D eigenvalue weighted by Gasteiger charge is -2.02. The molecule has 0 aliphatic carbocycles. The summed E-state index contributed by atoms with van der Waals surface area (Å²) >= 11 is 1.46. The molecule has 3 rings (SSSR count). The zero-order valence-corrected chi connectivity index (χ0v) is 11.0. The zero-order chi connectivity index (χ0) is 12.6. The van der Waals surface area contributed by atoms with Crippen molar-refractivity contribution < 1.29 is 8.42 Å². The summed E-state index contributed by atoms with van der Waals surface area (Å²) in [6, 6.07) is 16.1. The normalized spacial score (nSPS) is 11.8. The summed E-state index contributed by atoms with van der Waals surface area (Å²) in [6.07, 6.45) is 0. The minimum Gasteiger partial charge on any atom is -0.218 e. The van der Waals surface area contributed by atoms with E-state index in [1.54, 1.807) is 29.6 Å². The zero-order valence-electron chi connectivity index (χ0n) is 9.41. The third kappa shape index (κ3) is 1.74. The van der Waals surface area contributed by atoms with Crippen molar-refractivity contribution in [3.63, 3.8) is 0 Å². The lowest BCUT2D eigenvalue weighted by molar-refractivity contribution is 0.597. The van der Waals surface area contributed by atoms with Gasteiger partial charge in [0.2, 0.25) is 9.84 Å². The molecule has 4 heteroatoms. The number of hydrogen-bond acceptors (Lipinski definition) is 3. The first kappa shape index (κ1) is 11.4. The van der Waals surface area contributed by atoms with Crippen molar-refractivity contribution in [3.8, 4) is 0 Å². The lowest BCUT2D eigenvalue weighted by Crippen LogP contribution is -2.00. The Labute approximate surface area is 109 Å². The molecular weight excluding hydrogens is 264 g/mol. The van der Waals surface area contributed by atoms with Crippen LogP contribution in [0.1, 0.15) is 0 Å². The summed E-state index contributed by atoms with van der Waals surface area (Å²) in [5.74, 6) is 0. The van der Waals surface area contributed by atoms with Gasteiger partial charge in [-0.25, -0.2) is 8.42 Å². The van der Waals surface area contributed by atoms with Gasteiger partial charge in [-0.3, -0.25) is 0 Å². The largest absolute Gasteiger partial charge is 0.218 e. The van der Waals surface area contributed by atoms with Crippen molar-refractivity contribution >= 4 is 31.3 Å². The fourth-order valence-electron chi connectivity index (χ4n) is 1.89. The summed E-state index contributed by atoms with van der Waals surface area (Å²) in [5.41, 5.74) is 0. The van der Waals surface area contributed by atoms with Gasteiger partial charge in [-0.2, -0.15) is 0 Å². The van der Waals surface area contributed by atoms with E-state index < -0.39 is 9.84 Å². The van der Waals surface area contributed by atoms with E-state index in [2.05, 4.69) is 0 Å². The van der Waals surface area contributed by atoms with Crippen LogP contribution in [0, 0.1) is 0 Å². The molecule has 0 radical (unpaired) electrons. The van der Waals surface area contributed by atoms with Crippen LogP contribution in [-0.4, -0.2) is 8.42 Å². The highest BCUT2D eigenvalue weighted by Crippen LogP contribution is 2.32. The first-order valence-corrected chi connectivity index (χ1v) is 7.82. The second-order valence-corrected chi connectivity index (χ2v) is 6.74. The summed E-state index contributed by atoms with van der Waals surface area (Å²) < 4.78 is 26.0. The van der Waals surface area contributed by atoms with Crippen molar-refractivity contribution in [1.29, 1.82) is 0 Å². The average molecular weight is 274 g/mol. The first-order chi connectivity index (χ1) is 8.69. The monoisotopic (exact) mass is 274 g/mol. The highest BCUT2D eigenvalue weighted by atomic mass is 32.2. The van der Waals surface area contributed by atoms with Gasteiger partial charge in [0.25, 0.3) is 0 Å². The Bertz CT molecular complexity index is 787. The van der Waals surface area contributed by atoms with Crippen molar-refractivity contribution in [3.05, 3.63) is 60.0 Å². The molecule has 3 aromatic rings. The fourth-order valence-corrected chi connectivity index (χ4v) is 4.66. The van der Waals surface area contributed by atoms with E-state index >= 15 is 0 Å². The standard InChI is InChI=1S/C14H10O2S2/c15-18(16,11-6-2-1-3-7-11)14-10-17-13-9-5-4-8-12(13)14/h1-10H. The van der Waals surface area contributed by atoms with Crippen molar-refractivity contribution in [2.24, 2.45) is 0 Å².